The van der Waals surface area contributed by atoms with E-state index in [-0.39, 0.29) is 18.4 Å². The topological polar surface area (TPSA) is 58.6 Å². The number of carbonyl (C=O) groups excluding carboxylic acids is 2. The van der Waals surface area contributed by atoms with E-state index in [2.05, 4.69) is 21.2 Å². The fourth-order valence-electron chi connectivity index (χ4n) is 2.84. The maximum atomic E-state index is 13.0. The van der Waals surface area contributed by atoms with Crippen LogP contribution in [0.3, 0.4) is 0 Å². The second kappa shape index (κ2) is 12.0. The van der Waals surface area contributed by atoms with Crippen molar-refractivity contribution in [1.82, 2.24) is 10.2 Å². The zero-order chi connectivity index (χ0) is 22.1. The molecule has 0 fully saturated rings. The van der Waals surface area contributed by atoms with Crippen molar-refractivity contribution in [3.8, 4) is 5.75 Å². The maximum absolute atomic E-state index is 13.0. The number of benzene rings is 2. The van der Waals surface area contributed by atoms with Crippen molar-refractivity contribution < 1.29 is 14.3 Å². The fraction of sp³-hybridized carbons (Fsp3) is 0.391. The van der Waals surface area contributed by atoms with Crippen molar-refractivity contribution >= 4 is 39.3 Å². The Morgan fingerprint density at radius 1 is 1.13 bits per heavy atom. The molecule has 7 heteroatoms. The molecule has 0 radical (unpaired) electrons. The SMILES string of the molecule is CC(C)CNC(=O)[C@@H](C)N(CCc1ccccc1)C(=O)COc1ccc(Cl)cc1Br. The van der Waals surface area contributed by atoms with Crippen LogP contribution in [-0.2, 0) is 16.0 Å². The third-order valence-corrected chi connectivity index (χ3v) is 5.44. The maximum Gasteiger partial charge on any atom is 0.261 e. The lowest BCUT2D eigenvalue weighted by Crippen LogP contribution is -2.50. The third kappa shape index (κ3) is 7.65. The summed E-state index contributed by atoms with van der Waals surface area (Å²) in [7, 11) is 0. The summed E-state index contributed by atoms with van der Waals surface area (Å²) < 4.78 is 6.35. The van der Waals surface area contributed by atoms with Gasteiger partial charge in [-0.05, 0) is 59.0 Å². The highest BCUT2D eigenvalue weighted by molar-refractivity contribution is 9.10. The van der Waals surface area contributed by atoms with Gasteiger partial charge in [-0.15, -0.1) is 0 Å². The molecule has 1 N–H and O–H groups in total. The van der Waals surface area contributed by atoms with E-state index in [9.17, 15) is 9.59 Å². The summed E-state index contributed by atoms with van der Waals surface area (Å²) in [5.74, 6) is 0.436. The predicted octanol–water partition coefficient (Wildman–Crippen LogP) is 4.71. The first-order valence-corrected chi connectivity index (χ1v) is 11.1. The lowest BCUT2D eigenvalue weighted by molar-refractivity contribution is -0.141. The molecule has 162 valence electrons. The summed E-state index contributed by atoms with van der Waals surface area (Å²) in [6, 6.07) is 14.4. The van der Waals surface area contributed by atoms with Crippen molar-refractivity contribution in [2.45, 2.75) is 33.2 Å². The van der Waals surface area contributed by atoms with Gasteiger partial charge in [-0.1, -0.05) is 55.8 Å². The quantitative estimate of drug-likeness (QED) is 0.519. The van der Waals surface area contributed by atoms with Crippen LogP contribution in [0.4, 0.5) is 0 Å². The summed E-state index contributed by atoms with van der Waals surface area (Å²) in [6.45, 7) is 6.62. The molecule has 2 rings (SSSR count). The van der Waals surface area contributed by atoms with Crippen LogP contribution in [0, 0.1) is 5.92 Å². The van der Waals surface area contributed by atoms with Gasteiger partial charge >= 0.3 is 0 Å². The number of carbonyl (C=O) groups is 2. The van der Waals surface area contributed by atoms with Gasteiger partial charge in [0, 0.05) is 18.1 Å². The number of rotatable bonds is 10. The van der Waals surface area contributed by atoms with Crippen LogP contribution < -0.4 is 10.1 Å². The highest BCUT2D eigenvalue weighted by Crippen LogP contribution is 2.28. The molecular weight excluding hydrogens is 468 g/mol. The number of hydrogen-bond acceptors (Lipinski definition) is 3. The monoisotopic (exact) mass is 494 g/mol. The van der Waals surface area contributed by atoms with Crippen LogP contribution in [0.25, 0.3) is 0 Å². The molecule has 2 aromatic carbocycles. The predicted molar refractivity (Wildman–Crippen MR) is 124 cm³/mol. The van der Waals surface area contributed by atoms with E-state index in [1.54, 1.807) is 30.0 Å². The lowest BCUT2D eigenvalue weighted by atomic mass is 10.1. The first kappa shape index (κ1) is 24.2. The van der Waals surface area contributed by atoms with Gasteiger partial charge < -0.3 is 15.0 Å². The number of amides is 2. The van der Waals surface area contributed by atoms with E-state index in [1.807, 2.05) is 44.2 Å². The smallest absolute Gasteiger partial charge is 0.261 e. The van der Waals surface area contributed by atoms with Gasteiger partial charge in [0.15, 0.2) is 6.61 Å². The fourth-order valence-corrected chi connectivity index (χ4v) is 3.63. The van der Waals surface area contributed by atoms with Crippen molar-refractivity contribution in [2.24, 2.45) is 5.92 Å². The Morgan fingerprint density at radius 3 is 2.47 bits per heavy atom. The Kier molecular flexibility index (Phi) is 9.66. The van der Waals surface area contributed by atoms with Gasteiger partial charge in [0.05, 0.1) is 4.47 Å². The first-order valence-electron chi connectivity index (χ1n) is 9.97. The van der Waals surface area contributed by atoms with Crippen LogP contribution in [0.1, 0.15) is 26.3 Å². The Balaban J connectivity index is 2.07. The molecule has 1 atom stereocenters. The molecule has 0 bridgehead atoms. The molecular formula is C23H28BrClN2O3. The van der Waals surface area contributed by atoms with Gasteiger partial charge in [0.2, 0.25) is 5.91 Å². The average Bonchev–Trinajstić information content (AvgIpc) is 2.72. The minimum atomic E-state index is -0.600. The zero-order valence-electron chi connectivity index (χ0n) is 17.5. The van der Waals surface area contributed by atoms with E-state index in [0.717, 1.165) is 5.56 Å². The molecule has 2 aromatic rings. The molecule has 0 saturated carbocycles. The minimum Gasteiger partial charge on any atom is -0.483 e. The number of ether oxygens (including phenoxy) is 1. The Bertz CT molecular complexity index is 846. The summed E-state index contributed by atoms with van der Waals surface area (Å²) in [4.78, 5) is 27.2. The average molecular weight is 496 g/mol. The summed E-state index contributed by atoms with van der Waals surface area (Å²) in [5.41, 5.74) is 1.10. The van der Waals surface area contributed by atoms with E-state index in [4.69, 9.17) is 16.3 Å². The van der Waals surface area contributed by atoms with E-state index in [0.29, 0.717) is 40.7 Å². The molecule has 0 saturated heterocycles. The van der Waals surface area contributed by atoms with Crippen LogP contribution in [-0.4, -0.2) is 42.5 Å². The second-order valence-electron chi connectivity index (χ2n) is 7.50. The molecule has 0 aliphatic rings. The summed E-state index contributed by atoms with van der Waals surface area (Å²) in [5, 5.41) is 3.48. The Morgan fingerprint density at radius 2 is 1.83 bits per heavy atom. The third-order valence-electron chi connectivity index (χ3n) is 4.58. The highest BCUT2D eigenvalue weighted by atomic mass is 79.9. The molecule has 0 aromatic heterocycles. The van der Waals surface area contributed by atoms with E-state index >= 15 is 0 Å². The molecule has 0 spiro atoms. The number of nitrogens with zero attached hydrogens (tertiary/aromatic N) is 1. The second-order valence-corrected chi connectivity index (χ2v) is 8.79. The van der Waals surface area contributed by atoms with Crippen LogP contribution in [0.15, 0.2) is 53.0 Å². The van der Waals surface area contributed by atoms with E-state index in [1.165, 1.54) is 0 Å². The highest BCUT2D eigenvalue weighted by Gasteiger charge is 2.26. The van der Waals surface area contributed by atoms with Gasteiger partial charge in [0.1, 0.15) is 11.8 Å². The molecule has 0 unspecified atom stereocenters. The van der Waals surface area contributed by atoms with Gasteiger partial charge in [-0.3, -0.25) is 9.59 Å². The lowest BCUT2D eigenvalue weighted by Gasteiger charge is -2.29. The largest absolute Gasteiger partial charge is 0.483 e. The van der Waals surface area contributed by atoms with Crippen molar-refractivity contribution in [3.63, 3.8) is 0 Å². The van der Waals surface area contributed by atoms with E-state index < -0.39 is 6.04 Å². The van der Waals surface area contributed by atoms with Gasteiger partial charge in [-0.25, -0.2) is 0 Å². The first-order chi connectivity index (χ1) is 14.3. The van der Waals surface area contributed by atoms with Crippen molar-refractivity contribution in [1.29, 1.82) is 0 Å². The number of hydrogen-bond donors (Lipinski definition) is 1. The van der Waals surface area contributed by atoms with Crippen LogP contribution in [0.5, 0.6) is 5.75 Å². The molecule has 5 nitrogen and oxygen atoms in total. The normalized spacial score (nSPS) is 11.8. The van der Waals surface area contributed by atoms with Gasteiger partial charge in [-0.2, -0.15) is 0 Å². The standard InChI is InChI=1S/C23H28BrClN2O3/c1-16(2)14-26-23(29)17(3)27(12-11-18-7-5-4-6-8-18)22(28)15-30-21-10-9-19(25)13-20(21)24/h4-10,13,16-17H,11-12,14-15H2,1-3H3,(H,26,29)/t17-/m1/s1. The molecule has 30 heavy (non-hydrogen) atoms. The van der Waals surface area contributed by atoms with Crippen LogP contribution >= 0.6 is 27.5 Å². The molecule has 0 heterocycles. The molecule has 0 aliphatic carbocycles. The number of halogens is 2. The molecule has 0 aliphatic heterocycles. The Hall–Kier alpha value is -2.05. The zero-order valence-corrected chi connectivity index (χ0v) is 19.9. The van der Waals surface area contributed by atoms with Gasteiger partial charge in [0.25, 0.3) is 5.91 Å². The summed E-state index contributed by atoms with van der Waals surface area (Å²) >= 11 is 9.34. The van der Waals surface area contributed by atoms with Crippen molar-refractivity contribution in [2.75, 3.05) is 19.7 Å². The Labute approximate surface area is 191 Å². The van der Waals surface area contributed by atoms with Crippen molar-refractivity contribution in [3.05, 3.63) is 63.6 Å². The molecule has 2 amide bonds. The minimum absolute atomic E-state index is 0.169. The number of nitrogens with one attached hydrogen (secondary N) is 1. The summed E-state index contributed by atoms with van der Waals surface area (Å²) in [6.07, 6.45) is 0.652. The van der Waals surface area contributed by atoms with Crippen LogP contribution in [0.2, 0.25) is 5.02 Å².